The topological polar surface area (TPSA) is 98.5 Å². The van der Waals surface area contributed by atoms with Gasteiger partial charge in [0.2, 0.25) is 11.8 Å². The Hall–Kier alpha value is -3.15. The molecule has 130 valence electrons. The summed E-state index contributed by atoms with van der Waals surface area (Å²) in [6, 6.07) is 11.8. The van der Waals surface area contributed by atoms with Gasteiger partial charge in [-0.15, -0.1) is 0 Å². The van der Waals surface area contributed by atoms with Crippen molar-refractivity contribution in [3.8, 4) is 5.75 Å². The summed E-state index contributed by atoms with van der Waals surface area (Å²) in [5, 5.41) is 2.78. The number of ketones is 1. The summed E-state index contributed by atoms with van der Waals surface area (Å²) >= 11 is 0. The van der Waals surface area contributed by atoms with Crippen LogP contribution in [0, 0.1) is 0 Å². The molecular weight excluding hydrogens is 320 g/mol. The van der Waals surface area contributed by atoms with E-state index >= 15 is 0 Å². The minimum atomic E-state index is -0.515. The third kappa shape index (κ3) is 4.91. The Kier molecular flexibility index (Phi) is 5.89. The zero-order valence-electron chi connectivity index (χ0n) is 14.2. The van der Waals surface area contributed by atoms with E-state index in [9.17, 15) is 14.4 Å². The predicted octanol–water partition coefficient (Wildman–Crippen LogP) is 1.86. The monoisotopic (exact) mass is 340 g/mol. The van der Waals surface area contributed by atoms with Gasteiger partial charge in [0.1, 0.15) is 5.75 Å². The van der Waals surface area contributed by atoms with E-state index in [-0.39, 0.29) is 24.7 Å². The number of ether oxygens (including phenoxy) is 1. The number of methoxy groups -OCH3 is 1. The van der Waals surface area contributed by atoms with E-state index in [0.29, 0.717) is 22.4 Å². The number of nitrogens with one attached hydrogen (secondary N) is 1. The van der Waals surface area contributed by atoms with Crippen LogP contribution >= 0.6 is 0 Å². The largest absolute Gasteiger partial charge is 0.496 e. The van der Waals surface area contributed by atoms with Crippen LogP contribution in [0.4, 0.5) is 0 Å². The summed E-state index contributed by atoms with van der Waals surface area (Å²) in [5.41, 5.74) is 7.57. The summed E-state index contributed by atoms with van der Waals surface area (Å²) in [5.74, 6) is -0.258. The Balaban J connectivity index is 2.05. The third-order valence-electron chi connectivity index (χ3n) is 3.74. The average Bonchev–Trinajstić information content (AvgIpc) is 2.60. The zero-order valence-corrected chi connectivity index (χ0v) is 14.2. The van der Waals surface area contributed by atoms with Gasteiger partial charge in [0.15, 0.2) is 5.78 Å². The van der Waals surface area contributed by atoms with Gasteiger partial charge in [-0.05, 0) is 42.8 Å². The van der Waals surface area contributed by atoms with Crippen LogP contribution in [0.25, 0.3) is 0 Å². The van der Waals surface area contributed by atoms with Crippen LogP contribution in [-0.4, -0.2) is 24.7 Å². The van der Waals surface area contributed by atoms with Gasteiger partial charge >= 0.3 is 0 Å². The van der Waals surface area contributed by atoms with Crippen molar-refractivity contribution in [1.82, 2.24) is 5.32 Å². The lowest BCUT2D eigenvalue weighted by Gasteiger charge is -2.11. The molecule has 2 aromatic rings. The molecule has 0 aliphatic carbocycles. The molecule has 0 aliphatic heterocycles. The highest BCUT2D eigenvalue weighted by molar-refractivity contribution is 5.95. The van der Waals surface area contributed by atoms with E-state index in [1.165, 1.54) is 14.0 Å². The summed E-state index contributed by atoms with van der Waals surface area (Å²) in [7, 11) is 1.51. The number of carbonyl (C=O) groups is 3. The fourth-order valence-electron chi connectivity index (χ4n) is 2.41. The first-order chi connectivity index (χ1) is 11.9. The minimum Gasteiger partial charge on any atom is -0.496 e. The van der Waals surface area contributed by atoms with Gasteiger partial charge in [-0.2, -0.15) is 0 Å². The molecule has 0 aliphatic rings. The zero-order chi connectivity index (χ0) is 18.4. The summed E-state index contributed by atoms with van der Waals surface area (Å²) in [6.45, 7) is 1.74. The van der Waals surface area contributed by atoms with Crippen molar-refractivity contribution in [2.24, 2.45) is 5.73 Å². The number of hydrogen-bond donors (Lipinski definition) is 2. The number of nitrogens with two attached hydrogens (primary N) is 1. The van der Waals surface area contributed by atoms with E-state index < -0.39 is 5.91 Å². The molecule has 0 saturated carbocycles. The first-order valence-corrected chi connectivity index (χ1v) is 7.74. The fourth-order valence-corrected chi connectivity index (χ4v) is 2.41. The Morgan fingerprint density at radius 2 is 1.84 bits per heavy atom. The van der Waals surface area contributed by atoms with E-state index in [2.05, 4.69) is 5.32 Å². The van der Waals surface area contributed by atoms with Crippen molar-refractivity contribution in [3.63, 3.8) is 0 Å². The molecule has 25 heavy (non-hydrogen) atoms. The van der Waals surface area contributed by atoms with Crippen LogP contribution in [0.5, 0.6) is 5.75 Å². The van der Waals surface area contributed by atoms with Crippen molar-refractivity contribution >= 4 is 17.6 Å². The highest BCUT2D eigenvalue weighted by Crippen LogP contribution is 2.21. The molecule has 0 atom stereocenters. The number of primary amides is 1. The molecule has 0 aromatic heterocycles. The molecular formula is C19H20N2O4. The summed E-state index contributed by atoms with van der Waals surface area (Å²) in [6.07, 6.45) is 0.0831. The number of Topliss-reactive ketones (excluding diaryl/α,β-unsaturated/α-hetero) is 1. The highest BCUT2D eigenvalue weighted by atomic mass is 16.5. The quantitative estimate of drug-likeness (QED) is 0.752. The van der Waals surface area contributed by atoms with Gasteiger partial charge in [0, 0.05) is 23.2 Å². The van der Waals surface area contributed by atoms with E-state index in [1.807, 2.05) is 0 Å². The minimum absolute atomic E-state index is 0.0763. The molecule has 0 unspecified atom stereocenters. The fraction of sp³-hybridized carbons (Fsp3) is 0.211. The molecule has 0 spiro atoms. The molecule has 0 bridgehead atoms. The predicted molar refractivity (Wildman–Crippen MR) is 93.5 cm³/mol. The Bertz CT molecular complexity index is 815. The lowest BCUT2D eigenvalue weighted by Crippen LogP contribution is -2.25. The van der Waals surface area contributed by atoms with Gasteiger partial charge in [-0.1, -0.05) is 12.1 Å². The van der Waals surface area contributed by atoms with E-state index in [4.69, 9.17) is 10.5 Å². The summed E-state index contributed by atoms with van der Waals surface area (Å²) in [4.78, 5) is 34.9. The molecule has 2 rings (SSSR count). The molecule has 0 heterocycles. The Labute approximate surface area is 146 Å². The van der Waals surface area contributed by atoms with Crippen molar-refractivity contribution in [2.75, 3.05) is 7.11 Å². The maximum atomic E-state index is 12.2. The number of carbonyl (C=O) groups excluding carboxylic acids is 3. The van der Waals surface area contributed by atoms with Crippen LogP contribution in [-0.2, 0) is 17.8 Å². The van der Waals surface area contributed by atoms with E-state index in [0.717, 1.165) is 5.56 Å². The Morgan fingerprint density at radius 3 is 2.48 bits per heavy atom. The Morgan fingerprint density at radius 1 is 1.08 bits per heavy atom. The first kappa shape index (κ1) is 18.2. The number of benzene rings is 2. The molecule has 2 amide bonds. The number of hydrogen-bond acceptors (Lipinski definition) is 4. The van der Waals surface area contributed by atoms with Crippen molar-refractivity contribution in [3.05, 3.63) is 64.7 Å². The maximum Gasteiger partial charge on any atom is 0.248 e. The van der Waals surface area contributed by atoms with Gasteiger partial charge in [-0.25, -0.2) is 0 Å². The van der Waals surface area contributed by atoms with E-state index in [1.54, 1.807) is 42.5 Å². The van der Waals surface area contributed by atoms with Crippen molar-refractivity contribution < 1.29 is 19.1 Å². The lowest BCUT2D eigenvalue weighted by molar-refractivity contribution is -0.120. The van der Waals surface area contributed by atoms with Crippen LogP contribution in [0.1, 0.15) is 38.8 Å². The molecule has 2 aromatic carbocycles. The SMILES string of the molecule is COc1ccc(C(C)=O)cc1CC(=O)NCc1cccc(C(N)=O)c1. The van der Waals surface area contributed by atoms with Crippen molar-refractivity contribution in [2.45, 2.75) is 19.9 Å². The number of amides is 2. The van der Waals surface area contributed by atoms with Gasteiger partial charge in [0.05, 0.1) is 13.5 Å². The molecule has 0 fully saturated rings. The van der Waals surface area contributed by atoms with Crippen LogP contribution in [0.3, 0.4) is 0 Å². The summed E-state index contributed by atoms with van der Waals surface area (Å²) < 4.78 is 5.24. The first-order valence-electron chi connectivity index (χ1n) is 7.74. The molecule has 6 heteroatoms. The smallest absolute Gasteiger partial charge is 0.248 e. The second kappa shape index (κ2) is 8.10. The van der Waals surface area contributed by atoms with Crippen molar-refractivity contribution in [1.29, 1.82) is 0 Å². The van der Waals surface area contributed by atoms with Gasteiger partial charge in [-0.3, -0.25) is 14.4 Å². The normalized spacial score (nSPS) is 10.2. The van der Waals surface area contributed by atoms with Gasteiger partial charge < -0.3 is 15.8 Å². The third-order valence-corrected chi connectivity index (χ3v) is 3.74. The van der Waals surface area contributed by atoms with Crippen LogP contribution in [0.2, 0.25) is 0 Å². The van der Waals surface area contributed by atoms with Crippen LogP contribution < -0.4 is 15.8 Å². The average molecular weight is 340 g/mol. The molecule has 0 saturated heterocycles. The van der Waals surface area contributed by atoms with Gasteiger partial charge in [0.25, 0.3) is 0 Å². The maximum absolute atomic E-state index is 12.2. The van der Waals surface area contributed by atoms with Crippen LogP contribution in [0.15, 0.2) is 42.5 Å². The molecule has 0 radical (unpaired) electrons. The highest BCUT2D eigenvalue weighted by Gasteiger charge is 2.11. The second-order valence-corrected chi connectivity index (χ2v) is 5.60. The number of rotatable bonds is 7. The standard InChI is InChI=1S/C19H20N2O4/c1-12(22)14-6-7-17(25-2)16(9-14)10-18(23)21-11-13-4-3-5-15(8-13)19(20)24/h3-9H,10-11H2,1-2H3,(H2,20,24)(H,21,23). The molecule has 3 N–H and O–H groups in total. The molecule has 6 nitrogen and oxygen atoms in total. The lowest BCUT2D eigenvalue weighted by atomic mass is 10.0. The second-order valence-electron chi connectivity index (χ2n) is 5.60.